The van der Waals surface area contributed by atoms with Gasteiger partial charge in [-0.2, -0.15) is 0 Å². The molecule has 0 spiro atoms. The number of halogens is 3. The molecule has 3 aromatic rings. The van der Waals surface area contributed by atoms with Gasteiger partial charge in [-0.05, 0) is 68.2 Å². The number of amides is 2. The van der Waals surface area contributed by atoms with Crippen LogP contribution in [0.4, 0.5) is 23.7 Å². The first-order valence-corrected chi connectivity index (χ1v) is 19.3. The van der Waals surface area contributed by atoms with E-state index in [2.05, 4.69) is 61.0 Å². The molecule has 1 N–H and O–H groups in total. The van der Waals surface area contributed by atoms with E-state index in [0.717, 1.165) is 12.4 Å². The standard InChI is InChI=1S/C37H45F3N4O5Si/c1-36(2,3)49-35(46)44-21-27(47-22-26(44)23-48-50(7,8)37(4,5)6)13-14-29-32(40)19-42-20-33(29)43-34(45)17-30(24-9-11-25(38)12-10-24)28-15-16-41-18-31(28)39/h9-12,15-16,18-20,26-27,30H,17,21-23H2,1-8H3,(H,43,45)/t26-,27+,30+/m0/s1. The van der Waals surface area contributed by atoms with Crippen LogP contribution in [0.15, 0.2) is 55.1 Å². The van der Waals surface area contributed by atoms with Crippen molar-refractivity contribution in [2.45, 2.75) is 89.8 Å². The third-order valence-electron chi connectivity index (χ3n) is 8.74. The van der Waals surface area contributed by atoms with Crippen LogP contribution >= 0.6 is 0 Å². The van der Waals surface area contributed by atoms with E-state index in [9.17, 15) is 18.4 Å². The number of hydrogen-bond donors (Lipinski definition) is 1. The van der Waals surface area contributed by atoms with Crippen LogP contribution in [0.5, 0.6) is 0 Å². The van der Waals surface area contributed by atoms with Gasteiger partial charge in [0.25, 0.3) is 0 Å². The molecule has 1 aromatic carbocycles. The molecule has 3 atom stereocenters. The molecule has 9 nitrogen and oxygen atoms in total. The van der Waals surface area contributed by atoms with Crippen molar-refractivity contribution in [1.82, 2.24) is 14.9 Å². The van der Waals surface area contributed by atoms with Crippen molar-refractivity contribution in [3.05, 3.63) is 89.3 Å². The summed E-state index contributed by atoms with van der Waals surface area (Å²) in [6.07, 6.45) is 3.06. The van der Waals surface area contributed by atoms with Gasteiger partial charge in [0.05, 0.1) is 55.6 Å². The first-order chi connectivity index (χ1) is 23.3. The number of rotatable bonds is 8. The number of benzene rings is 1. The average molecular weight is 711 g/mol. The van der Waals surface area contributed by atoms with Gasteiger partial charge in [-0.3, -0.25) is 19.7 Å². The molecule has 0 bridgehead atoms. The Morgan fingerprint density at radius 1 is 1.02 bits per heavy atom. The number of anilines is 1. The quantitative estimate of drug-likeness (QED) is 0.192. The second-order valence-electron chi connectivity index (χ2n) is 14.7. The van der Waals surface area contributed by atoms with Gasteiger partial charge in [-0.15, -0.1) is 0 Å². The molecule has 3 heterocycles. The number of pyridine rings is 2. The lowest BCUT2D eigenvalue weighted by Gasteiger charge is -2.42. The average Bonchev–Trinajstić information content (AvgIpc) is 3.02. The van der Waals surface area contributed by atoms with E-state index in [4.69, 9.17) is 13.9 Å². The van der Waals surface area contributed by atoms with Crippen LogP contribution in [-0.2, 0) is 18.7 Å². The molecule has 2 aromatic heterocycles. The van der Waals surface area contributed by atoms with Crippen LogP contribution < -0.4 is 5.32 Å². The molecular formula is C37H45F3N4O5Si. The van der Waals surface area contributed by atoms with Crippen molar-refractivity contribution >= 4 is 26.0 Å². The van der Waals surface area contributed by atoms with Crippen LogP contribution in [-0.4, -0.2) is 72.7 Å². The summed E-state index contributed by atoms with van der Waals surface area (Å²) in [5.74, 6) is 2.40. The van der Waals surface area contributed by atoms with Crippen LogP contribution in [0, 0.1) is 29.3 Å². The van der Waals surface area contributed by atoms with Gasteiger partial charge < -0.3 is 19.2 Å². The van der Waals surface area contributed by atoms with Gasteiger partial charge in [0, 0.05) is 18.5 Å². The lowest BCUT2D eigenvalue weighted by atomic mass is 9.88. The summed E-state index contributed by atoms with van der Waals surface area (Å²) in [4.78, 5) is 35.9. The SMILES string of the molecule is CC(C)(C)OC(=O)N1C[C@@H](C#Cc2c(F)cncc2NC(=O)C[C@H](c2ccc(F)cc2)c2ccncc2F)OC[C@H]1CO[Si](C)(C)C(C)(C)C. The minimum absolute atomic E-state index is 0.00369. The lowest BCUT2D eigenvalue weighted by molar-refractivity contribution is -0.116. The largest absolute Gasteiger partial charge is 0.444 e. The van der Waals surface area contributed by atoms with Gasteiger partial charge in [-0.25, -0.2) is 18.0 Å². The molecule has 2 amide bonds. The Hall–Kier alpha value is -4.25. The number of ether oxygens (including phenoxy) is 2. The number of nitrogens with zero attached hydrogens (tertiary/aromatic N) is 3. The summed E-state index contributed by atoms with van der Waals surface area (Å²) in [5, 5.41) is 2.61. The smallest absolute Gasteiger partial charge is 0.410 e. The Kier molecular flexibility index (Phi) is 12.1. The molecule has 1 aliphatic heterocycles. The predicted molar refractivity (Wildman–Crippen MR) is 186 cm³/mol. The van der Waals surface area contributed by atoms with Crippen LogP contribution in [0.25, 0.3) is 0 Å². The van der Waals surface area contributed by atoms with Gasteiger partial charge in [-0.1, -0.05) is 44.7 Å². The summed E-state index contributed by atoms with van der Waals surface area (Å²) < 4.78 is 61.8. The molecule has 50 heavy (non-hydrogen) atoms. The Labute approximate surface area is 293 Å². The first kappa shape index (κ1) is 38.5. The minimum atomic E-state index is -2.14. The monoisotopic (exact) mass is 710 g/mol. The maximum absolute atomic E-state index is 15.2. The van der Waals surface area contributed by atoms with Gasteiger partial charge in [0.1, 0.15) is 23.3 Å². The summed E-state index contributed by atoms with van der Waals surface area (Å²) >= 11 is 0. The van der Waals surface area contributed by atoms with Crippen molar-refractivity contribution in [2.75, 3.05) is 25.1 Å². The topological polar surface area (TPSA) is 103 Å². The summed E-state index contributed by atoms with van der Waals surface area (Å²) in [6, 6.07) is 6.43. The Morgan fingerprint density at radius 2 is 1.70 bits per heavy atom. The highest BCUT2D eigenvalue weighted by molar-refractivity contribution is 6.74. The Bertz CT molecular complexity index is 1730. The fourth-order valence-electron chi connectivity index (χ4n) is 4.96. The van der Waals surface area contributed by atoms with Crippen LogP contribution in [0.2, 0.25) is 18.1 Å². The number of aromatic nitrogens is 2. The zero-order valence-electron chi connectivity index (χ0n) is 29.8. The zero-order valence-corrected chi connectivity index (χ0v) is 30.8. The van der Waals surface area contributed by atoms with Gasteiger partial charge >= 0.3 is 6.09 Å². The van der Waals surface area contributed by atoms with Crippen molar-refractivity contribution in [3.8, 4) is 11.8 Å². The summed E-state index contributed by atoms with van der Waals surface area (Å²) in [6.45, 7) is 16.4. The summed E-state index contributed by atoms with van der Waals surface area (Å²) in [5.41, 5.74) is -0.195. The van der Waals surface area contributed by atoms with E-state index in [1.807, 2.05) is 0 Å². The fraction of sp³-hybridized carbons (Fsp3) is 0.459. The molecule has 0 radical (unpaired) electrons. The van der Waals surface area contributed by atoms with E-state index in [-0.39, 0.29) is 48.0 Å². The highest BCUT2D eigenvalue weighted by Gasteiger charge is 2.40. The Morgan fingerprint density at radius 3 is 2.34 bits per heavy atom. The molecular weight excluding hydrogens is 666 g/mol. The molecule has 0 unspecified atom stereocenters. The normalized spacial score (nSPS) is 17.4. The third kappa shape index (κ3) is 10.1. The zero-order chi connectivity index (χ0) is 36.9. The maximum atomic E-state index is 15.2. The number of carbonyl (C=O) groups excluding carboxylic acids is 2. The van der Waals surface area contributed by atoms with E-state index < -0.39 is 61.4 Å². The van der Waals surface area contributed by atoms with Gasteiger partial charge in [0.2, 0.25) is 5.91 Å². The molecule has 268 valence electrons. The Balaban J connectivity index is 1.54. The van der Waals surface area contributed by atoms with E-state index >= 15 is 4.39 Å². The number of morpholine rings is 1. The second-order valence-corrected chi connectivity index (χ2v) is 19.6. The van der Waals surface area contributed by atoms with Crippen molar-refractivity contribution in [2.24, 2.45) is 0 Å². The van der Waals surface area contributed by atoms with E-state index in [1.54, 1.807) is 25.7 Å². The number of nitrogens with one attached hydrogen (secondary N) is 1. The lowest BCUT2D eigenvalue weighted by Crippen LogP contribution is -2.56. The van der Waals surface area contributed by atoms with Crippen molar-refractivity contribution < 1.29 is 36.7 Å². The molecule has 4 rings (SSSR count). The first-order valence-electron chi connectivity index (χ1n) is 16.4. The van der Waals surface area contributed by atoms with Crippen LogP contribution in [0.3, 0.4) is 0 Å². The highest BCUT2D eigenvalue weighted by atomic mass is 28.4. The highest BCUT2D eigenvalue weighted by Crippen LogP contribution is 2.37. The fourth-order valence-corrected chi connectivity index (χ4v) is 6.00. The van der Waals surface area contributed by atoms with Crippen LogP contribution in [0.1, 0.15) is 70.6 Å². The van der Waals surface area contributed by atoms with Gasteiger partial charge in [0.15, 0.2) is 14.1 Å². The number of hydrogen-bond acceptors (Lipinski definition) is 7. The van der Waals surface area contributed by atoms with E-state index in [0.29, 0.717) is 5.56 Å². The molecule has 1 saturated heterocycles. The molecule has 1 aliphatic rings. The number of carbonyl (C=O) groups is 2. The second kappa shape index (κ2) is 15.7. The minimum Gasteiger partial charge on any atom is -0.444 e. The maximum Gasteiger partial charge on any atom is 0.410 e. The predicted octanol–water partition coefficient (Wildman–Crippen LogP) is 7.43. The van der Waals surface area contributed by atoms with E-state index in [1.165, 1.54) is 42.7 Å². The van der Waals surface area contributed by atoms with Crippen molar-refractivity contribution in [1.29, 1.82) is 0 Å². The summed E-state index contributed by atoms with van der Waals surface area (Å²) in [7, 11) is -2.14. The van der Waals surface area contributed by atoms with Crippen molar-refractivity contribution in [3.63, 3.8) is 0 Å². The molecule has 1 fully saturated rings. The molecule has 13 heteroatoms. The molecule has 0 saturated carbocycles. The molecule has 0 aliphatic carbocycles. The third-order valence-corrected chi connectivity index (χ3v) is 13.2.